The van der Waals surface area contributed by atoms with Crippen molar-refractivity contribution in [1.82, 2.24) is 0 Å². The molecule has 0 radical (unpaired) electrons. The molecular weight excluding hydrogens is 440 g/mol. The Morgan fingerprint density at radius 1 is 1.07 bits per heavy atom. The number of esters is 1. The van der Waals surface area contributed by atoms with E-state index in [1.54, 1.807) is 0 Å². The lowest BCUT2D eigenvalue weighted by Gasteiger charge is -2.61. The van der Waals surface area contributed by atoms with Gasteiger partial charge in [0, 0.05) is 12.8 Å². The van der Waals surface area contributed by atoms with Gasteiger partial charge in [-0.1, -0.05) is 36.7 Å². The molecule has 4 saturated carbocycles. The van der Waals surface area contributed by atoms with Gasteiger partial charge in [0.2, 0.25) is 0 Å². The van der Waals surface area contributed by atoms with E-state index in [0.29, 0.717) is 41.5 Å². The standard InChI is InChI=1S/C26H41BrO3/c1-5-30-23(29)11-6-16(2)18-9-10-19-17-7-8-21-24(27)22(28)13-15-26(21,4)20(17)12-14-25(18,19)3/h16-21,24H,5-15H2,1-4H3/t16-,17?,18?,19?,20?,21-,24+,25-,26-/m1/s1. The lowest BCUT2D eigenvalue weighted by Crippen LogP contribution is -2.56. The summed E-state index contributed by atoms with van der Waals surface area (Å²) >= 11 is 3.80. The summed E-state index contributed by atoms with van der Waals surface area (Å²) < 4.78 is 5.17. The summed E-state index contributed by atoms with van der Waals surface area (Å²) in [4.78, 5) is 24.3. The Morgan fingerprint density at radius 3 is 2.50 bits per heavy atom. The summed E-state index contributed by atoms with van der Waals surface area (Å²) in [5, 5.41) is 0. The average molecular weight is 482 g/mol. The predicted molar refractivity (Wildman–Crippen MR) is 123 cm³/mol. The van der Waals surface area contributed by atoms with Gasteiger partial charge >= 0.3 is 5.97 Å². The average Bonchev–Trinajstić information content (AvgIpc) is 3.07. The second-order valence-electron chi connectivity index (χ2n) is 11.5. The summed E-state index contributed by atoms with van der Waals surface area (Å²) in [6, 6.07) is 0. The minimum atomic E-state index is -0.0322. The number of carbonyl (C=O) groups excluding carboxylic acids is 2. The van der Waals surface area contributed by atoms with E-state index in [0.717, 1.165) is 42.9 Å². The molecular formula is C26H41BrO3. The number of Topliss-reactive ketones (excluding diaryl/α,β-unsaturated/α-hetero) is 1. The molecule has 4 rings (SSSR count). The normalized spacial score (nSPS) is 46.5. The molecule has 0 saturated heterocycles. The molecule has 4 fully saturated rings. The Bertz CT molecular complexity index is 677. The minimum Gasteiger partial charge on any atom is -0.466 e. The molecule has 0 heterocycles. The summed E-state index contributed by atoms with van der Waals surface area (Å²) in [6.45, 7) is 9.85. The molecule has 0 aromatic carbocycles. The Kier molecular flexibility index (Phi) is 6.48. The molecule has 0 aromatic rings. The third-order valence-electron chi connectivity index (χ3n) is 10.4. The van der Waals surface area contributed by atoms with Gasteiger partial charge in [-0.15, -0.1) is 0 Å². The van der Waals surface area contributed by atoms with Crippen LogP contribution in [0.15, 0.2) is 0 Å². The Hall–Kier alpha value is -0.380. The SMILES string of the molecule is CCOC(=O)CC[C@@H](C)C1CCC2C3CC[C@@H]4[C@H](Br)C(=O)CC[C@]4(C)C3CC[C@@]21C. The first-order valence-electron chi connectivity index (χ1n) is 12.5. The van der Waals surface area contributed by atoms with Crippen LogP contribution in [0.25, 0.3) is 0 Å². The molecule has 4 unspecified atom stereocenters. The molecule has 0 spiro atoms. The number of ether oxygens (including phenoxy) is 1. The van der Waals surface area contributed by atoms with Crippen LogP contribution < -0.4 is 0 Å². The number of alkyl halides is 1. The van der Waals surface area contributed by atoms with E-state index in [2.05, 4.69) is 36.7 Å². The van der Waals surface area contributed by atoms with Gasteiger partial charge in [-0.3, -0.25) is 9.59 Å². The second kappa shape index (κ2) is 8.52. The fraction of sp³-hybridized carbons (Fsp3) is 0.923. The van der Waals surface area contributed by atoms with Crippen LogP contribution >= 0.6 is 15.9 Å². The van der Waals surface area contributed by atoms with E-state index >= 15 is 0 Å². The number of ketones is 1. The topological polar surface area (TPSA) is 43.4 Å². The Morgan fingerprint density at radius 2 is 1.77 bits per heavy atom. The minimum absolute atomic E-state index is 0.0322. The van der Waals surface area contributed by atoms with Crippen LogP contribution in [0.3, 0.4) is 0 Å². The first kappa shape index (κ1) is 22.8. The second-order valence-corrected chi connectivity index (χ2v) is 12.5. The van der Waals surface area contributed by atoms with Crippen molar-refractivity contribution in [1.29, 1.82) is 0 Å². The molecule has 170 valence electrons. The van der Waals surface area contributed by atoms with Crippen LogP contribution in [0.4, 0.5) is 0 Å². The maximum absolute atomic E-state index is 12.4. The molecule has 0 bridgehead atoms. The van der Waals surface area contributed by atoms with Crippen molar-refractivity contribution < 1.29 is 14.3 Å². The van der Waals surface area contributed by atoms with Crippen LogP contribution in [0.1, 0.15) is 91.9 Å². The van der Waals surface area contributed by atoms with Gasteiger partial charge in [0.15, 0.2) is 0 Å². The summed E-state index contributed by atoms with van der Waals surface area (Å²) in [7, 11) is 0. The lowest BCUT2D eigenvalue weighted by atomic mass is 9.44. The van der Waals surface area contributed by atoms with Gasteiger partial charge < -0.3 is 4.74 Å². The van der Waals surface area contributed by atoms with Gasteiger partial charge in [0.1, 0.15) is 5.78 Å². The Labute approximate surface area is 191 Å². The van der Waals surface area contributed by atoms with Gasteiger partial charge in [-0.05, 0) is 105 Å². The van der Waals surface area contributed by atoms with Crippen molar-refractivity contribution in [2.75, 3.05) is 6.61 Å². The van der Waals surface area contributed by atoms with Crippen molar-refractivity contribution >= 4 is 27.7 Å². The van der Waals surface area contributed by atoms with Crippen LogP contribution in [0.2, 0.25) is 0 Å². The number of fused-ring (bicyclic) bond motifs is 5. The number of rotatable bonds is 5. The van der Waals surface area contributed by atoms with Crippen molar-refractivity contribution in [3.63, 3.8) is 0 Å². The summed E-state index contributed by atoms with van der Waals surface area (Å²) in [6.07, 6.45) is 11.3. The summed E-state index contributed by atoms with van der Waals surface area (Å²) in [5.41, 5.74) is 0.761. The van der Waals surface area contributed by atoms with Crippen molar-refractivity contribution in [2.24, 2.45) is 46.3 Å². The van der Waals surface area contributed by atoms with Crippen LogP contribution in [-0.2, 0) is 14.3 Å². The van der Waals surface area contributed by atoms with E-state index < -0.39 is 0 Å². The maximum atomic E-state index is 12.4. The fourth-order valence-electron chi connectivity index (χ4n) is 8.85. The quantitative estimate of drug-likeness (QED) is 0.330. The highest BCUT2D eigenvalue weighted by Crippen LogP contribution is 2.68. The fourth-order valence-corrected chi connectivity index (χ4v) is 9.94. The Balaban J connectivity index is 1.47. The van der Waals surface area contributed by atoms with Crippen molar-refractivity contribution in [3.05, 3.63) is 0 Å². The van der Waals surface area contributed by atoms with Crippen LogP contribution in [-0.4, -0.2) is 23.2 Å². The predicted octanol–water partition coefficient (Wildman–Crippen LogP) is 6.57. The number of hydrogen-bond acceptors (Lipinski definition) is 3. The molecule has 0 amide bonds. The third kappa shape index (κ3) is 3.61. The van der Waals surface area contributed by atoms with Gasteiger partial charge in [-0.25, -0.2) is 0 Å². The third-order valence-corrected chi connectivity index (χ3v) is 11.5. The summed E-state index contributed by atoms with van der Waals surface area (Å²) in [5.74, 6) is 4.72. The molecule has 3 nitrogen and oxygen atoms in total. The zero-order valence-electron chi connectivity index (χ0n) is 19.4. The van der Waals surface area contributed by atoms with Crippen molar-refractivity contribution in [3.8, 4) is 0 Å². The molecule has 4 aliphatic rings. The maximum Gasteiger partial charge on any atom is 0.305 e. The lowest BCUT2D eigenvalue weighted by molar-refractivity contribution is -0.143. The first-order chi connectivity index (χ1) is 14.2. The van der Waals surface area contributed by atoms with E-state index in [-0.39, 0.29) is 10.8 Å². The molecule has 0 aromatic heterocycles. The van der Waals surface area contributed by atoms with Gasteiger partial charge in [0.05, 0.1) is 11.4 Å². The van der Waals surface area contributed by atoms with Gasteiger partial charge in [0.25, 0.3) is 0 Å². The van der Waals surface area contributed by atoms with E-state index in [4.69, 9.17) is 4.74 Å². The van der Waals surface area contributed by atoms with Crippen LogP contribution in [0.5, 0.6) is 0 Å². The van der Waals surface area contributed by atoms with E-state index in [1.807, 2.05) is 6.92 Å². The molecule has 4 aliphatic carbocycles. The molecule has 0 N–H and O–H groups in total. The van der Waals surface area contributed by atoms with Crippen LogP contribution in [0, 0.1) is 46.3 Å². The smallest absolute Gasteiger partial charge is 0.305 e. The highest BCUT2D eigenvalue weighted by atomic mass is 79.9. The zero-order chi connectivity index (χ0) is 21.7. The highest BCUT2D eigenvalue weighted by molar-refractivity contribution is 9.10. The van der Waals surface area contributed by atoms with E-state index in [9.17, 15) is 9.59 Å². The molecule has 0 aliphatic heterocycles. The largest absolute Gasteiger partial charge is 0.466 e. The number of halogens is 1. The van der Waals surface area contributed by atoms with Crippen molar-refractivity contribution in [2.45, 2.75) is 96.7 Å². The number of hydrogen-bond donors (Lipinski definition) is 0. The monoisotopic (exact) mass is 480 g/mol. The van der Waals surface area contributed by atoms with Gasteiger partial charge in [-0.2, -0.15) is 0 Å². The molecule has 4 heteroatoms. The first-order valence-corrected chi connectivity index (χ1v) is 13.5. The molecule has 9 atom stereocenters. The van der Waals surface area contributed by atoms with E-state index in [1.165, 1.54) is 38.5 Å². The highest BCUT2D eigenvalue weighted by Gasteiger charge is 2.61. The number of carbonyl (C=O) groups is 2. The zero-order valence-corrected chi connectivity index (χ0v) is 21.0. The molecule has 30 heavy (non-hydrogen) atoms.